The van der Waals surface area contributed by atoms with Gasteiger partial charge in [0.25, 0.3) is 0 Å². The molecule has 0 bridgehead atoms. The van der Waals surface area contributed by atoms with E-state index in [0.29, 0.717) is 11.8 Å². The first-order valence-corrected chi connectivity index (χ1v) is 21.0. The van der Waals surface area contributed by atoms with Crippen molar-refractivity contribution in [1.82, 2.24) is 10.2 Å². The zero-order valence-corrected chi connectivity index (χ0v) is 42.6. The van der Waals surface area contributed by atoms with Crippen molar-refractivity contribution in [2.24, 2.45) is 0 Å². The summed E-state index contributed by atoms with van der Waals surface area (Å²) in [7, 11) is 3.82. The van der Waals surface area contributed by atoms with Crippen LogP contribution >= 0.6 is 12.4 Å². The number of nitrogens with one attached hydrogen (secondary N) is 1. The summed E-state index contributed by atoms with van der Waals surface area (Å²) in [5.41, 5.74) is 4.05. The molecule has 4 aliphatic rings. The normalized spacial score (nSPS) is 19.6. The molecule has 13 nitrogen and oxygen atoms in total. The Morgan fingerprint density at radius 2 is 0.968 bits per heavy atom. The number of benzene rings is 2. The fourth-order valence-corrected chi connectivity index (χ4v) is 6.66. The molecule has 1 N–H and O–H groups in total. The number of rotatable bonds is 5. The summed E-state index contributed by atoms with van der Waals surface area (Å²) in [6.07, 6.45) is 5.75. The van der Waals surface area contributed by atoms with Crippen molar-refractivity contribution in [2.75, 3.05) is 32.7 Å². The third kappa shape index (κ3) is 19.1. The number of nitrogens with zero attached hydrogens (tertiary/aromatic N) is 1. The van der Waals surface area contributed by atoms with E-state index in [4.69, 9.17) is 23.4 Å². The monoisotopic (exact) mass is 893 g/mol. The van der Waals surface area contributed by atoms with E-state index < -0.39 is 17.9 Å². The van der Waals surface area contributed by atoms with Gasteiger partial charge in [0.1, 0.15) is 6.29 Å². The van der Waals surface area contributed by atoms with Crippen molar-refractivity contribution in [3.63, 3.8) is 0 Å². The molecule has 18 heteroatoms. The maximum absolute atomic E-state index is 9.85. The molecule has 4 heterocycles. The van der Waals surface area contributed by atoms with E-state index in [1.54, 1.807) is 0 Å². The van der Waals surface area contributed by atoms with E-state index in [9.17, 15) is 14.4 Å². The molecule has 3 radical (unpaired) electrons. The predicted molar refractivity (Wildman–Crippen MR) is 243 cm³/mol. The molecular weight excluding hydrogens is 823 g/mol. The number of carbonyl (C=O) groups excluding carboxylic acids is 4. The van der Waals surface area contributed by atoms with Crippen LogP contribution in [-0.2, 0) is 52.2 Å². The Morgan fingerprint density at radius 3 is 1.23 bits per heavy atom. The third-order valence-electron chi connectivity index (χ3n) is 11.7. The second kappa shape index (κ2) is 27.9. The van der Waals surface area contributed by atoms with Crippen LogP contribution in [0.1, 0.15) is 139 Å². The largest absolute Gasteiger partial charge is 1.00 e. The second-order valence-corrected chi connectivity index (χ2v) is 17.2. The molecule has 62 heavy (non-hydrogen) atoms. The van der Waals surface area contributed by atoms with E-state index in [1.165, 1.54) is 70.3 Å². The fourth-order valence-electron chi connectivity index (χ4n) is 6.66. The summed E-state index contributed by atoms with van der Waals surface area (Å²) >= 11 is 0. The summed E-state index contributed by atoms with van der Waals surface area (Å²) in [5, 5.41) is 3.42. The molecule has 339 valence electrons. The van der Waals surface area contributed by atoms with Crippen LogP contribution in [0.5, 0.6) is 0 Å². The van der Waals surface area contributed by atoms with Gasteiger partial charge in [0.15, 0.2) is 0 Å². The summed E-state index contributed by atoms with van der Waals surface area (Å²) in [5.74, 6) is -0.353. The van der Waals surface area contributed by atoms with Crippen LogP contribution in [0, 0.1) is 0 Å². The van der Waals surface area contributed by atoms with Crippen molar-refractivity contribution in [3.05, 3.63) is 59.7 Å². The van der Waals surface area contributed by atoms with Gasteiger partial charge in [-0.25, -0.2) is 19.4 Å². The first kappa shape index (κ1) is 59.8. The Bertz CT molecular complexity index is 1590. The zero-order chi connectivity index (χ0) is 45.3. The van der Waals surface area contributed by atoms with Crippen molar-refractivity contribution in [3.8, 4) is 0 Å². The minimum absolute atomic E-state index is 0. The smallest absolute Gasteiger partial charge is 0.793 e. The average molecular weight is 894 g/mol. The van der Waals surface area contributed by atoms with Crippen LogP contribution in [-0.4, -0.2) is 107 Å². The number of halogens is 1. The Kier molecular flexibility index (Phi) is 26.9. The first-order chi connectivity index (χ1) is 28.0. The Labute approximate surface area is 401 Å². The number of aldehydes is 1. The summed E-state index contributed by atoms with van der Waals surface area (Å²) in [6.45, 7) is 29.9. The van der Waals surface area contributed by atoms with Gasteiger partial charge in [0, 0.05) is 20.8 Å². The molecule has 0 spiro atoms. The molecule has 4 aliphatic heterocycles. The van der Waals surface area contributed by atoms with Crippen LogP contribution in [0.15, 0.2) is 48.5 Å². The molecule has 0 atom stereocenters. The fraction of sp³-hybridized carbons (Fsp3) is 0.636. The van der Waals surface area contributed by atoms with Gasteiger partial charge in [0.05, 0.1) is 22.4 Å². The van der Waals surface area contributed by atoms with E-state index in [2.05, 4.69) is 144 Å². The van der Waals surface area contributed by atoms with Crippen LogP contribution < -0.4 is 45.8 Å². The second-order valence-electron chi connectivity index (χ2n) is 17.2. The summed E-state index contributed by atoms with van der Waals surface area (Å²) in [6, 6.07) is 17.7. The van der Waals surface area contributed by atoms with E-state index in [0.717, 1.165) is 44.1 Å². The van der Waals surface area contributed by atoms with Crippen LogP contribution in [0.3, 0.4) is 0 Å². The molecule has 0 aromatic heterocycles. The van der Waals surface area contributed by atoms with Crippen molar-refractivity contribution in [1.29, 1.82) is 0 Å². The Hall–Kier alpha value is -2.24. The van der Waals surface area contributed by atoms with Gasteiger partial charge >= 0.3 is 55.7 Å². The molecule has 0 aliphatic carbocycles. The van der Waals surface area contributed by atoms with Gasteiger partial charge in [-0.3, -0.25) is 4.79 Å². The number of likely N-dealkylation sites (tertiary alicyclic amines) is 1. The van der Waals surface area contributed by atoms with Crippen LogP contribution in [0.2, 0.25) is 0 Å². The number of hydrogen-bond donors (Lipinski definition) is 1. The molecule has 4 saturated heterocycles. The van der Waals surface area contributed by atoms with Gasteiger partial charge < -0.3 is 46.3 Å². The molecule has 0 amide bonds. The van der Waals surface area contributed by atoms with Crippen molar-refractivity contribution < 1.29 is 81.8 Å². The number of carbonyl (C=O) groups is 4. The van der Waals surface area contributed by atoms with Crippen LogP contribution in [0.4, 0.5) is 0 Å². The summed E-state index contributed by atoms with van der Waals surface area (Å²) in [4.78, 5) is 48.1. The van der Waals surface area contributed by atoms with Crippen molar-refractivity contribution >= 4 is 69.8 Å². The summed E-state index contributed by atoms with van der Waals surface area (Å²) < 4.78 is 28.1. The third-order valence-corrected chi connectivity index (χ3v) is 11.7. The SMILES string of the molecule is CC(=O)OOC(C)=O.CC1(C)OB(c2ccc(C3CCNCC3)cc2)OC1(C)C.CC=O.CCN1CCC(c2ccc(B3OC(C)(C)C(C)(C)O3)cc2)CC1.Cl.[B-]OC(C)=O.[Na+]. The molecule has 4 fully saturated rings. The van der Waals surface area contributed by atoms with Gasteiger partial charge in [-0.2, -0.15) is 0 Å². The van der Waals surface area contributed by atoms with E-state index >= 15 is 0 Å². The molecule has 6 rings (SSSR count). The maximum Gasteiger partial charge on any atom is 1.00 e. The first-order valence-electron chi connectivity index (χ1n) is 21.0. The molecule has 2 aromatic carbocycles. The Balaban J connectivity index is 0.000000876. The predicted octanol–water partition coefficient (Wildman–Crippen LogP) is 2.93. The zero-order valence-electron chi connectivity index (χ0n) is 39.8. The van der Waals surface area contributed by atoms with Gasteiger partial charge in [-0.15, -0.1) is 12.4 Å². The average Bonchev–Trinajstić information content (AvgIpc) is 3.57. The minimum atomic E-state index is -0.639. The molecule has 2 aromatic rings. The number of piperidine rings is 2. The topological polar surface area (TPSA) is 148 Å². The van der Waals surface area contributed by atoms with Gasteiger partial charge in [-0.1, -0.05) is 55.5 Å². The minimum Gasteiger partial charge on any atom is -0.793 e. The standard InChI is InChI=1S/C19H30BNO2.C17H26BNO2.C4H6O4.C2H3BO2.C2H4O.ClH.Na/c1-6-21-13-11-16(12-14-21)15-7-9-17(10-8-15)20-22-18(2,3)19(4,5)23-20;1-16(2)17(3,4)21-18(20-16)15-7-5-13(6-8-15)14-9-11-19-12-10-14;1-3(5)7-8-4(2)6;1-2(4)5-3;1-2-3;;/h7-10,16H,6,11-14H2,1-5H3;5-8,14,19H,9-12H2,1-4H3;1-2H3;1H3;2H,1H3;1H;/q;;;-1;;;+1. The molecular formula is C44H70B3ClN2NaO11. The maximum atomic E-state index is 9.85. The Morgan fingerprint density at radius 1 is 0.677 bits per heavy atom. The van der Waals surface area contributed by atoms with E-state index in [1.807, 2.05) is 0 Å². The van der Waals surface area contributed by atoms with Crippen LogP contribution in [0.25, 0.3) is 0 Å². The molecule has 0 saturated carbocycles. The van der Waals surface area contributed by atoms with E-state index in [-0.39, 0.29) is 78.6 Å². The van der Waals surface area contributed by atoms with Crippen molar-refractivity contribution in [2.45, 2.75) is 150 Å². The van der Waals surface area contributed by atoms with Gasteiger partial charge in [-0.05, 0) is 155 Å². The number of hydrogen-bond acceptors (Lipinski definition) is 13. The van der Waals surface area contributed by atoms with Gasteiger partial charge in [0.2, 0.25) is 5.97 Å². The molecule has 0 unspecified atom stereocenters. The quantitative estimate of drug-likeness (QED) is 0.203.